The molecule has 0 N–H and O–H groups in total. The summed E-state index contributed by atoms with van der Waals surface area (Å²) in [5.41, 5.74) is 0. The van der Waals surface area contributed by atoms with Crippen LogP contribution in [0.25, 0.3) is 0 Å². The fourth-order valence-corrected chi connectivity index (χ4v) is 6.13. The van der Waals surface area contributed by atoms with Gasteiger partial charge in [0, 0.05) is 20.0 Å². The zero-order valence-corrected chi connectivity index (χ0v) is 12.1. The Balaban J connectivity index is 2.14. The lowest BCUT2D eigenvalue weighted by molar-refractivity contribution is -0.311. The van der Waals surface area contributed by atoms with Crippen LogP contribution in [0.3, 0.4) is 0 Å². The van der Waals surface area contributed by atoms with E-state index in [0.29, 0.717) is 0 Å². The highest BCUT2D eigenvalue weighted by Gasteiger charge is 2.51. The average Bonchev–Trinajstić information content (AvgIpc) is 2.71. The van der Waals surface area contributed by atoms with Crippen molar-refractivity contribution in [2.45, 2.75) is 6.42 Å². The van der Waals surface area contributed by atoms with E-state index in [-0.39, 0.29) is 10.9 Å². The lowest BCUT2D eigenvalue weighted by Gasteiger charge is -2.29. The van der Waals surface area contributed by atoms with Crippen LogP contribution in [0.5, 0.6) is 0 Å². The molecule has 0 aromatic rings. The minimum atomic E-state index is 0.00986. The van der Waals surface area contributed by atoms with Gasteiger partial charge in [-0.05, 0) is 30.2 Å². The molecule has 1 saturated heterocycles. The monoisotopic (exact) mass is 275 g/mol. The van der Waals surface area contributed by atoms with Gasteiger partial charge in [0.2, 0.25) is 0 Å². The second-order valence-electron chi connectivity index (χ2n) is 3.97. The van der Waals surface area contributed by atoms with Crippen molar-refractivity contribution in [2.24, 2.45) is 0 Å². The number of hydrogen-bond donors (Lipinski definition) is 0. The van der Waals surface area contributed by atoms with E-state index in [1.165, 1.54) is 16.7 Å². The zero-order valence-electron chi connectivity index (χ0n) is 9.63. The molecular formula is C9H15N4S3+. The molecule has 7 heteroatoms. The van der Waals surface area contributed by atoms with Crippen LogP contribution in [0.1, 0.15) is 6.42 Å². The minimum Gasteiger partial charge on any atom is -0.275 e. The van der Waals surface area contributed by atoms with E-state index in [0.717, 1.165) is 18.2 Å². The van der Waals surface area contributed by atoms with Crippen LogP contribution in [0.4, 0.5) is 0 Å². The van der Waals surface area contributed by atoms with Crippen molar-refractivity contribution in [3.63, 3.8) is 0 Å². The van der Waals surface area contributed by atoms with Crippen LogP contribution in [0.2, 0.25) is 0 Å². The second-order valence-corrected chi connectivity index (χ2v) is 7.10. The van der Waals surface area contributed by atoms with Gasteiger partial charge in [-0.1, -0.05) is 0 Å². The third kappa shape index (κ3) is 1.16. The summed E-state index contributed by atoms with van der Waals surface area (Å²) in [6, 6.07) is 0. The third-order valence-corrected chi connectivity index (χ3v) is 6.83. The normalized spacial score (nSPS) is 28.4. The van der Waals surface area contributed by atoms with E-state index in [1.807, 2.05) is 11.8 Å². The molecular weight excluding hydrogens is 260 g/mol. The van der Waals surface area contributed by atoms with Crippen molar-refractivity contribution >= 4 is 50.2 Å². The number of thioether (sulfide) groups is 1. The van der Waals surface area contributed by atoms with Gasteiger partial charge in [-0.25, -0.2) is 0 Å². The van der Waals surface area contributed by atoms with Gasteiger partial charge < -0.3 is 0 Å². The van der Waals surface area contributed by atoms with Gasteiger partial charge in [-0.2, -0.15) is 8.88 Å². The minimum absolute atomic E-state index is 0.00986. The van der Waals surface area contributed by atoms with Gasteiger partial charge in [0.05, 0.1) is 13.6 Å². The predicted octanol–water partition coefficient (Wildman–Crippen LogP) is 0.786. The van der Waals surface area contributed by atoms with E-state index < -0.39 is 0 Å². The largest absolute Gasteiger partial charge is 0.327 e. The summed E-state index contributed by atoms with van der Waals surface area (Å²) in [6.45, 7) is 2.21. The van der Waals surface area contributed by atoms with Crippen LogP contribution in [0.15, 0.2) is 0 Å². The molecule has 3 rings (SSSR count). The second kappa shape index (κ2) is 3.61. The Labute approximate surface area is 108 Å². The highest BCUT2D eigenvalue weighted by Crippen LogP contribution is 2.39. The quantitative estimate of drug-likeness (QED) is 0.477. The fraction of sp³-hybridized carbons (Fsp3) is 0.667. The topological polar surface area (TPSA) is 12.7 Å². The molecule has 1 fully saturated rings. The Morgan fingerprint density at radius 1 is 1.38 bits per heavy atom. The number of rotatable bonds is 0. The maximum atomic E-state index is 5.50. The first-order valence-electron chi connectivity index (χ1n) is 5.25. The number of hydrogen-bond acceptors (Lipinski definition) is 3. The maximum absolute atomic E-state index is 5.50. The zero-order chi connectivity index (χ0) is 11.4. The highest BCUT2D eigenvalue weighted by molar-refractivity contribution is 8.16. The molecule has 0 amide bonds. The smallest absolute Gasteiger partial charge is 0.275 e. The number of nitrogens with zero attached hydrogens (tertiary/aromatic N) is 4. The van der Waals surface area contributed by atoms with Crippen molar-refractivity contribution in [3.8, 4) is 0 Å². The van der Waals surface area contributed by atoms with Crippen molar-refractivity contribution in [1.82, 2.24) is 14.1 Å². The van der Waals surface area contributed by atoms with Crippen molar-refractivity contribution in [3.05, 3.63) is 0 Å². The first kappa shape index (κ1) is 10.9. The van der Waals surface area contributed by atoms with Gasteiger partial charge >= 0.3 is 5.17 Å². The highest BCUT2D eigenvalue weighted by atomic mass is 32.2. The molecule has 0 spiro atoms. The van der Waals surface area contributed by atoms with E-state index in [1.54, 1.807) is 0 Å². The molecule has 0 bridgehead atoms. The van der Waals surface area contributed by atoms with Crippen LogP contribution in [-0.2, 0) is 0 Å². The van der Waals surface area contributed by atoms with E-state index in [9.17, 15) is 0 Å². The molecule has 16 heavy (non-hydrogen) atoms. The molecule has 0 aliphatic carbocycles. The number of thiocarbonyl (C=S) groups is 1. The van der Waals surface area contributed by atoms with Crippen LogP contribution < -0.4 is 0 Å². The average molecular weight is 275 g/mol. The van der Waals surface area contributed by atoms with Crippen molar-refractivity contribution in [1.29, 1.82) is 0 Å². The Kier molecular flexibility index (Phi) is 2.45. The molecule has 3 heterocycles. The molecule has 0 aromatic heterocycles. The standard InChI is InChI=1S/C9H15N4S3/c1-10-7(14)12-5-4-6-13-8(15-3)11(2)16(10)9(12)13/h4-6H2,1-3H3/q+1. The summed E-state index contributed by atoms with van der Waals surface area (Å²) in [6.07, 6.45) is 3.34. The van der Waals surface area contributed by atoms with E-state index in [2.05, 4.69) is 38.4 Å². The molecule has 4 nitrogen and oxygen atoms in total. The lowest BCUT2D eigenvalue weighted by Crippen LogP contribution is -2.51. The van der Waals surface area contributed by atoms with Gasteiger partial charge in [-0.15, -0.1) is 0 Å². The Morgan fingerprint density at radius 3 is 2.75 bits per heavy atom. The van der Waals surface area contributed by atoms with Gasteiger partial charge in [0.1, 0.15) is 0 Å². The molecule has 1 atom stereocenters. The molecule has 0 radical (unpaired) electrons. The Bertz CT molecular complexity index is 442. The third-order valence-electron chi connectivity index (χ3n) is 3.09. The Hall–Kier alpha value is -0.270. The lowest BCUT2D eigenvalue weighted by atomic mass is 10.3. The summed E-state index contributed by atoms with van der Waals surface area (Å²) in [4.78, 5) is 4.74. The SMILES string of the molecule is CSC1=[N+](C)S2=C3N(CCCN13)C(=S)N2C. The maximum Gasteiger partial charge on any atom is 0.327 e. The molecule has 1 unspecified atom stereocenters. The van der Waals surface area contributed by atoms with Gasteiger partial charge in [0.25, 0.3) is 5.11 Å². The molecule has 3 aliphatic heterocycles. The molecule has 88 valence electrons. The van der Waals surface area contributed by atoms with Gasteiger partial charge in [0.15, 0.2) is 16.0 Å². The molecule has 0 saturated carbocycles. The number of amidine groups is 1. The summed E-state index contributed by atoms with van der Waals surface area (Å²) in [5.74, 6) is 0. The van der Waals surface area contributed by atoms with E-state index >= 15 is 0 Å². The summed E-state index contributed by atoms with van der Waals surface area (Å²) in [7, 11) is 4.29. The van der Waals surface area contributed by atoms with Crippen LogP contribution >= 0.6 is 34.8 Å². The van der Waals surface area contributed by atoms with Gasteiger partial charge in [-0.3, -0.25) is 9.21 Å². The van der Waals surface area contributed by atoms with Crippen LogP contribution in [-0.4, -0.2) is 66.9 Å². The fourth-order valence-electron chi connectivity index (χ4n) is 2.43. The first-order chi connectivity index (χ1) is 7.66. The predicted molar refractivity (Wildman–Crippen MR) is 75.7 cm³/mol. The van der Waals surface area contributed by atoms with Crippen molar-refractivity contribution in [2.75, 3.05) is 33.4 Å². The first-order valence-corrected chi connectivity index (χ1v) is 8.03. The van der Waals surface area contributed by atoms with Crippen LogP contribution in [0, 0.1) is 0 Å². The summed E-state index contributed by atoms with van der Waals surface area (Å²) >= 11 is 7.33. The Morgan fingerprint density at radius 2 is 2.06 bits per heavy atom. The van der Waals surface area contributed by atoms with Crippen molar-refractivity contribution < 1.29 is 3.98 Å². The summed E-state index contributed by atoms with van der Waals surface area (Å²) < 4.78 is 4.59. The molecule has 0 aromatic carbocycles. The molecule has 3 aliphatic rings. The van der Waals surface area contributed by atoms with E-state index in [4.69, 9.17) is 12.2 Å². The summed E-state index contributed by atoms with van der Waals surface area (Å²) in [5, 5.41) is 3.73.